The number of fused-ring (bicyclic) bond motifs is 1. The number of para-hydroxylation sites is 1. The topological polar surface area (TPSA) is 9.23 Å². The summed E-state index contributed by atoms with van der Waals surface area (Å²) in [4.78, 5) is 0. The molecular formula is C16H16O. The van der Waals surface area contributed by atoms with E-state index in [1.807, 2.05) is 30.3 Å². The highest BCUT2D eigenvalue weighted by Gasteiger charge is 2.13. The summed E-state index contributed by atoms with van der Waals surface area (Å²) in [6.07, 6.45) is 4.93. The first-order valence-electron chi connectivity index (χ1n) is 6.27. The zero-order chi connectivity index (χ0) is 11.5. The van der Waals surface area contributed by atoms with Crippen LogP contribution in [0.3, 0.4) is 0 Å². The first kappa shape index (κ1) is 10.4. The minimum Gasteiger partial charge on any atom is -0.457 e. The van der Waals surface area contributed by atoms with Crippen LogP contribution in [0.4, 0.5) is 0 Å². The van der Waals surface area contributed by atoms with Gasteiger partial charge in [0.2, 0.25) is 0 Å². The summed E-state index contributed by atoms with van der Waals surface area (Å²) < 4.78 is 5.98. The number of benzene rings is 2. The van der Waals surface area contributed by atoms with Crippen molar-refractivity contribution in [2.75, 3.05) is 0 Å². The predicted molar refractivity (Wildman–Crippen MR) is 69.6 cm³/mol. The van der Waals surface area contributed by atoms with Gasteiger partial charge in [-0.15, -0.1) is 0 Å². The van der Waals surface area contributed by atoms with Crippen molar-refractivity contribution in [3.05, 3.63) is 59.7 Å². The summed E-state index contributed by atoms with van der Waals surface area (Å²) in [5.41, 5.74) is 2.87. The molecule has 86 valence electrons. The number of aryl methyl sites for hydroxylation is 1. The number of hydrogen-bond acceptors (Lipinski definition) is 1. The Morgan fingerprint density at radius 1 is 0.765 bits per heavy atom. The average molecular weight is 224 g/mol. The van der Waals surface area contributed by atoms with Crippen molar-refractivity contribution in [2.24, 2.45) is 0 Å². The molecule has 1 nitrogen and oxygen atoms in total. The fraction of sp³-hybridized carbons (Fsp3) is 0.250. The fourth-order valence-electron chi connectivity index (χ4n) is 2.46. The molecular weight excluding hydrogens is 208 g/mol. The van der Waals surface area contributed by atoms with E-state index in [9.17, 15) is 0 Å². The molecule has 2 aromatic carbocycles. The third-order valence-corrected chi connectivity index (χ3v) is 3.32. The van der Waals surface area contributed by atoms with Gasteiger partial charge in [0.1, 0.15) is 11.5 Å². The third-order valence-electron chi connectivity index (χ3n) is 3.32. The quantitative estimate of drug-likeness (QED) is 0.736. The van der Waals surface area contributed by atoms with Gasteiger partial charge in [-0.05, 0) is 55.0 Å². The molecule has 0 saturated heterocycles. The van der Waals surface area contributed by atoms with Crippen LogP contribution in [0, 0.1) is 0 Å². The van der Waals surface area contributed by atoms with Crippen LogP contribution >= 0.6 is 0 Å². The Labute approximate surface area is 102 Å². The Morgan fingerprint density at radius 2 is 1.59 bits per heavy atom. The minimum absolute atomic E-state index is 0.923. The van der Waals surface area contributed by atoms with Gasteiger partial charge in [-0.2, -0.15) is 0 Å². The number of ether oxygens (including phenoxy) is 1. The Kier molecular flexibility index (Phi) is 2.83. The van der Waals surface area contributed by atoms with Crippen LogP contribution in [0.5, 0.6) is 11.5 Å². The zero-order valence-corrected chi connectivity index (χ0v) is 9.86. The van der Waals surface area contributed by atoms with Gasteiger partial charge in [-0.3, -0.25) is 0 Å². The number of hydrogen-bond donors (Lipinski definition) is 0. The zero-order valence-electron chi connectivity index (χ0n) is 9.86. The first-order valence-corrected chi connectivity index (χ1v) is 6.27. The Hall–Kier alpha value is -1.76. The molecule has 0 aliphatic heterocycles. The lowest BCUT2D eigenvalue weighted by Gasteiger charge is -2.19. The molecule has 1 aliphatic carbocycles. The van der Waals surface area contributed by atoms with E-state index < -0.39 is 0 Å². The molecule has 0 spiro atoms. The molecule has 2 aromatic rings. The van der Waals surface area contributed by atoms with Gasteiger partial charge in [0.25, 0.3) is 0 Å². The molecule has 0 N–H and O–H groups in total. The molecule has 1 aliphatic rings. The molecule has 0 radical (unpaired) electrons. The van der Waals surface area contributed by atoms with Gasteiger partial charge >= 0.3 is 0 Å². The lowest BCUT2D eigenvalue weighted by molar-refractivity contribution is 0.470. The van der Waals surface area contributed by atoms with Crippen molar-refractivity contribution in [3.8, 4) is 11.5 Å². The molecule has 0 fully saturated rings. The van der Waals surface area contributed by atoms with E-state index in [1.165, 1.54) is 30.4 Å². The maximum Gasteiger partial charge on any atom is 0.130 e. The van der Waals surface area contributed by atoms with Crippen molar-refractivity contribution >= 4 is 0 Å². The van der Waals surface area contributed by atoms with Gasteiger partial charge in [0, 0.05) is 0 Å². The van der Waals surface area contributed by atoms with Crippen molar-refractivity contribution in [2.45, 2.75) is 25.7 Å². The van der Waals surface area contributed by atoms with Crippen molar-refractivity contribution in [1.29, 1.82) is 0 Å². The second-order valence-electron chi connectivity index (χ2n) is 4.52. The van der Waals surface area contributed by atoms with Crippen molar-refractivity contribution in [1.82, 2.24) is 0 Å². The smallest absolute Gasteiger partial charge is 0.130 e. The van der Waals surface area contributed by atoms with E-state index in [1.54, 1.807) is 0 Å². The molecule has 1 heteroatoms. The summed E-state index contributed by atoms with van der Waals surface area (Å²) in [5.74, 6) is 1.96. The van der Waals surface area contributed by atoms with Gasteiger partial charge in [-0.25, -0.2) is 0 Å². The Balaban J connectivity index is 1.93. The molecule has 17 heavy (non-hydrogen) atoms. The SMILES string of the molecule is c1ccc(Oc2cccc3c2CCCC3)cc1. The lowest BCUT2D eigenvalue weighted by Crippen LogP contribution is -2.04. The summed E-state index contributed by atoms with van der Waals surface area (Å²) in [7, 11) is 0. The van der Waals surface area contributed by atoms with Crippen molar-refractivity contribution < 1.29 is 4.74 Å². The van der Waals surface area contributed by atoms with Crippen LogP contribution in [0.25, 0.3) is 0 Å². The van der Waals surface area contributed by atoms with Crippen LogP contribution in [0.15, 0.2) is 48.5 Å². The monoisotopic (exact) mass is 224 g/mol. The molecule has 0 heterocycles. The maximum absolute atomic E-state index is 5.98. The van der Waals surface area contributed by atoms with Crippen LogP contribution in [0.2, 0.25) is 0 Å². The molecule has 3 rings (SSSR count). The lowest BCUT2D eigenvalue weighted by atomic mass is 9.91. The van der Waals surface area contributed by atoms with E-state index in [-0.39, 0.29) is 0 Å². The van der Waals surface area contributed by atoms with Gasteiger partial charge in [0.05, 0.1) is 0 Å². The molecule has 0 bridgehead atoms. The predicted octanol–water partition coefficient (Wildman–Crippen LogP) is 4.36. The van der Waals surface area contributed by atoms with E-state index in [0.717, 1.165) is 17.9 Å². The molecule has 0 unspecified atom stereocenters. The maximum atomic E-state index is 5.98. The highest BCUT2D eigenvalue weighted by Crippen LogP contribution is 2.32. The fourth-order valence-corrected chi connectivity index (χ4v) is 2.46. The molecule has 0 atom stereocenters. The largest absolute Gasteiger partial charge is 0.457 e. The Morgan fingerprint density at radius 3 is 2.47 bits per heavy atom. The summed E-state index contributed by atoms with van der Waals surface area (Å²) >= 11 is 0. The molecule has 0 saturated carbocycles. The molecule has 0 amide bonds. The van der Waals surface area contributed by atoms with E-state index in [4.69, 9.17) is 4.74 Å². The van der Waals surface area contributed by atoms with Gasteiger partial charge in [0.15, 0.2) is 0 Å². The van der Waals surface area contributed by atoms with Gasteiger partial charge < -0.3 is 4.74 Å². The minimum atomic E-state index is 0.923. The summed E-state index contributed by atoms with van der Waals surface area (Å²) in [5, 5.41) is 0. The number of rotatable bonds is 2. The van der Waals surface area contributed by atoms with Crippen LogP contribution in [-0.2, 0) is 12.8 Å². The van der Waals surface area contributed by atoms with E-state index >= 15 is 0 Å². The van der Waals surface area contributed by atoms with Crippen molar-refractivity contribution in [3.63, 3.8) is 0 Å². The highest BCUT2D eigenvalue weighted by atomic mass is 16.5. The normalized spacial score (nSPS) is 14.1. The second-order valence-corrected chi connectivity index (χ2v) is 4.52. The third kappa shape index (κ3) is 2.19. The Bertz CT molecular complexity index is 502. The average Bonchev–Trinajstić information content (AvgIpc) is 2.40. The van der Waals surface area contributed by atoms with Crippen LogP contribution in [-0.4, -0.2) is 0 Å². The van der Waals surface area contributed by atoms with E-state index in [2.05, 4.69) is 18.2 Å². The second kappa shape index (κ2) is 4.62. The van der Waals surface area contributed by atoms with E-state index in [0.29, 0.717) is 0 Å². The standard InChI is InChI=1S/C16H16O/c1-2-9-14(10-3-1)17-16-12-6-8-13-7-4-5-11-15(13)16/h1-3,6,8-10,12H,4-5,7,11H2. The summed E-state index contributed by atoms with van der Waals surface area (Å²) in [6, 6.07) is 16.4. The summed E-state index contributed by atoms with van der Waals surface area (Å²) in [6.45, 7) is 0. The van der Waals surface area contributed by atoms with Crippen LogP contribution < -0.4 is 4.74 Å². The molecule has 0 aromatic heterocycles. The van der Waals surface area contributed by atoms with Gasteiger partial charge in [-0.1, -0.05) is 30.3 Å². The first-order chi connectivity index (χ1) is 8.43. The van der Waals surface area contributed by atoms with Crippen LogP contribution in [0.1, 0.15) is 24.0 Å². The highest BCUT2D eigenvalue weighted by molar-refractivity contribution is 5.44.